The van der Waals surface area contributed by atoms with E-state index in [2.05, 4.69) is 41.0 Å². The molecule has 7 heteroatoms. The van der Waals surface area contributed by atoms with E-state index in [4.69, 9.17) is 4.37 Å². The number of hydrogen-bond donors (Lipinski definition) is 2. The number of piperazine rings is 1. The first kappa shape index (κ1) is 22.9. The van der Waals surface area contributed by atoms with E-state index in [0.717, 1.165) is 81.9 Å². The van der Waals surface area contributed by atoms with Crippen molar-refractivity contribution in [3.63, 3.8) is 0 Å². The summed E-state index contributed by atoms with van der Waals surface area (Å²) in [6.07, 6.45) is 8.38. The SMILES string of the molecule is CC1(Cn2c(O)c3c(c2O)C2CCC3C2)CCCCC1CN1CCN(c2nsc3ccccc23)CC1. The average Bonchev–Trinajstić information content (AvgIpc) is 3.67. The average molecular weight is 507 g/mol. The molecule has 7 rings (SSSR count). The Bertz CT molecular complexity index is 1240. The van der Waals surface area contributed by atoms with Crippen LogP contribution in [0.2, 0.25) is 0 Å². The molecule has 2 N–H and O–H groups in total. The Morgan fingerprint density at radius 1 is 0.972 bits per heavy atom. The molecule has 36 heavy (non-hydrogen) atoms. The lowest BCUT2D eigenvalue weighted by Crippen LogP contribution is -2.50. The third-order valence-corrected chi connectivity index (χ3v) is 10.9. The summed E-state index contributed by atoms with van der Waals surface area (Å²) in [6.45, 7) is 8.42. The maximum atomic E-state index is 11.2. The molecule has 1 aromatic carbocycles. The van der Waals surface area contributed by atoms with E-state index in [1.165, 1.54) is 29.3 Å². The molecule has 0 radical (unpaired) electrons. The van der Waals surface area contributed by atoms with Crippen molar-refractivity contribution in [1.29, 1.82) is 0 Å². The molecule has 4 aliphatic rings. The van der Waals surface area contributed by atoms with Crippen molar-refractivity contribution in [3.8, 4) is 11.8 Å². The number of benzene rings is 1. The van der Waals surface area contributed by atoms with E-state index in [1.807, 2.05) is 4.57 Å². The molecular formula is C29H38N4O2S. The maximum Gasteiger partial charge on any atom is 0.197 e. The highest BCUT2D eigenvalue weighted by Gasteiger charge is 2.46. The summed E-state index contributed by atoms with van der Waals surface area (Å²) in [4.78, 5) is 5.11. The zero-order valence-electron chi connectivity index (χ0n) is 21.3. The quantitative estimate of drug-likeness (QED) is 0.452. The number of nitrogens with zero attached hydrogens (tertiary/aromatic N) is 4. The predicted molar refractivity (Wildman–Crippen MR) is 145 cm³/mol. The van der Waals surface area contributed by atoms with Crippen molar-refractivity contribution in [2.75, 3.05) is 37.6 Å². The third kappa shape index (κ3) is 3.57. The van der Waals surface area contributed by atoms with Gasteiger partial charge in [0.2, 0.25) is 0 Å². The number of hydrogen-bond acceptors (Lipinski definition) is 6. The Labute approximate surface area is 217 Å². The van der Waals surface area contributed by atoms with Gasteiger partial charge in [-0.25, -0.2) is 0 Å². The van der Waals surface area contributed by atoms with E-state index >= 15 is 0 Å². The fourth-order valence-corrected chi connectivity index (χ4v) is 8.80. The number of aromatic hydroxyl groups is 2. The van der Waals surface area contributed by atoms with Crippen LogP contribution in [0.15, 0.2) is 24.3 Å². The van der Waals surface area contributed by atoms with Crippen LogP contribution in [0.5, 0.6) is 11.8 Å². The van der Waals surface area contributed by atoms with Gasteiger partial charge >= 0.3 is 0 Å². The molecule has 6 nitrogen and oxygen atoms in total. The van der Waals surface area contributed by atoms with Gasteiger partial charge in [0, 0.05) is 55.8 Å². The molecule has 3 aromatic rings. The number of aromatic nitrogens is 2. The minimum Gasteiger partial charge on any atom is -0.494 e. The summed E-state index contributed by atoms with van der Waals surface area (Å²) in [5.74, 6) is 3.37. The Balaban J connectivity index is 1.05. The molecular weight excluding hydrogens is 468 g/mol. The van der Waals surface area contributed by atoms with Gasteiger partial charge in [-0.05, 0) is 78.9 Å². The summed E-state index contributed by atoms with van der Waals surface area (Å²) in [7, 11) is 0. The van der Waals surface area contributed by atoms with Crippen LogP contribution in [0.3, 0.4) is 0 Å². The lowest BCUT2D eigenvalue weighted by Gasteiger charge is -2.45. The monoisotopic (exact) mass is 506 g/mol. The Morgan fingerprint density at radius 3 is 2.44 bits per heavy atom. The first-order valence-electron chi connectivity index (χ1n) is 14.0. The molecule has 3 aliphatic carbocycles. The lowest BCUT2D eigenvalue weighted by atomic mass is 9.67. The van der Waals surface area contributed by atoms with Gasteiger partial charge in [-0.3, -0.25) is 9.47 Å². The Hall–Kier alpha value is -2.25. The normalized spacial score (nSPS) is 30.4. The fraction of sp³-hybridized carbons (Fsp3) is 0.621. The minimum atomic E-state index is 0.0846. The predicted octanol–water partition coefficient (Wildman–Crippen LogP) is 5.89. The van der Waals surface area contributed by atoms with Crippen LogP contribution < -0.4 is 4.90 Å². The highest BCUT2D eigenvalue weighted by molar-refractivity contribution is 7.13. The molecule has 1 saturated heterocycles. The zero-order chi connectivity index (χ0) is 24.4. The van der Waals surface area contributed by atoms with Gasteiger partial charge in [0.1, 0.15) is 5.82 Å². The van der Waals surface area contributed by atoms with E-state index < -0.39 is 0 Å². The van der Waals surface area contributed by atoms with Crippen LogP contribution in [0, 0.1) is 11.3 Å². The summed E-state index contributed by atoms with van der Waals surface area (Å²) in [5, 5.41) is 23.6. The molecule has 4 atom stereocenters. The van der Waals surface area contributed by atoms with Crippen LogP contribution >= 0.6 is 11.5 Å². The molecule has 3 fully saturated rings. The second-order valence-corrected chi connectivity index (χ2v) is 13.0. The zero-order valence-corrected chi connectivity index (χ0v) is 22.1. The van der Waals surface area contributed by atoms with Crippen LogP contribution in [0.25, 0.3) is 10.1 Å². The standard InChI is InChI=1S/C29H38N4O2S/c1-29(18-33-27(34)24-19-9-10-20(16-19)25(24)28(33)35)11-5-4-6-21(29)17-31-12-14-32(15-13-31)26-22-7-2-3-8-23(22)36-30-26/h2-3,7-8,19-21,34-35H,4-6,9-18H2,1H3. The molecule has 192 valence electrons. The number of rotatable bonds is 5. The Kier molecular flexibility index (Phi) is 5.51. The molecule has 4 unspecified atom stereocenters. The van der Waals surface area contributed by atoms with Crippen LogP contribution in [-0.4, -0.2) is 56.8 Å². The summed E-state index contributed by atoms with van der Waals surface area (Å²) in [6, 6.07) is 8.56. The highest BCUT2D eigenvalue weighted by Crippen LogP contribution is 2.60. The van der Waals surface area contributed by atoms with Gasteiger partial charge in [0.15, 0.2) is 11.8 Å². The molecule has 0 spiro atoms. The highest BCUT2D eigenvalue weighted by atomic mass is 32.1. The van der Waals surface area contributed by atoms with Gasteiger partial charge < -0.3 is 15.1 Å². The van der Waals surface area contributed by atoms with Crippen LogP contribution in [-0.2, 0) is 6.54 Å². The van der Waals surface area contributed by atoms with E-state index in [1.54, 1.807) is 11.5 Å². The molecule has 3 heterocycles. The van der Waals surface area contributed by atoms with E-state index in [-0.39, 0.29) is 5.41 Å². The van der Waals surface area contributed by atoms with Crippen LogP contribution in [0.1, 0.15) is 74.8 Å². The molecule has 0 amide bonds. The topological polar surface area (TPSA) is 64.8 Å². The van der Waals surface area contributed by atoms with Gasteiger partial charge in [-0.15, -0.1) is 0 Å². The second-order valence-electron chi connectivity index (χ2n) is 12.2. The fourth-order valence-electron chi connectivity index (χ4n) is 8.00. The second kappa shape index (κ2) is 8.66. The van der Waals surface area contributed by atoms with Crippen LogP contribution in [0.4, 0.5) is 5.82 Å². The largest absolute Gasteiger partial charge is 0.494 e. The minimum absolute atomic E-state index is 0.0846. The third-order valence-electron chi connectivity index (χ3n) is 10.1. The molecule has 1 aliphatic heterocycles. The molecule has 2 saturated carbocycles. The van der Waals surface area contributed by atoms with Crippen molar-refractivity contribution in [2.45, 2.75) is 70.3 Å². The smallest absolute Gasteiger partial charge is 0.197 e. The van der Waals surface area contributed by atoms with E-state index in [0.29, 0.717) is 29.5 Å². The van der Waals surface area contributed by atoms with Crippen molar-refractivity contribution < 1.29 is 10.2 Å². The van der Waals surface area contributed by atoms with Crippen molar-refractivity contribution >= 4 is 27.4 Å². The van der Waals surface area contributed by atoms with Crippen molar-refractivity contribution in [3.05, 3.63) is 35.4 Å². The maximum absolute atomic E-state index is 11.2. The Morgan fingerprint density at radius 2 is 1.69 bits per heavy atom. The number of anilines is 1. The van der Waals surface area contributed by atoms with Crippen molar-refractivity contribution in [1.82, 2.24) is 13.8 Å². The van der Waals surface area contributed by atoms with Gasteiger partial charge in [0.05, 0.1) is 4.70 Å². The lowest BCUT2D eigenvalue weighted by molar-refractivity contribution is 0.0521. The summed E-state index contributed by atoms with van der Waals surface area (Å²) >= 11 is 1.60. The van der Waals surface area contributed by atoms with Gasteiger partial charge in [-0.2, -0.15) is 4.37 Å². The molecule has 2 aromatic heterocycles. The van der Waals surface area contributed by atoms with Gasteiger partial charge in [0.25, 0.3) is 0 Å². The van der Waals surface area contributed by atoms with Gasteiger partial charge in [-0.1, -0.05) is 31.9 Å². The first-order valence-corrected chi connectivity index (χ1v) is 14.7. The summed E-state index contributed by atoms with van der Waals surface area (Å²) in [5.41, 5.74) is 2.23. The molecule has 2 bridgehead atoms. The number of fused-ring (bicyclic) bond motifs is 6. The van der Waals surface area contributed by atoms with Crippen molar-refractivity contribution in [2.24, 2.45) is 11.3 Å². The first-order chi connectivity index (χ1) is 17.5. The van der Waals surface area contributed by atoms with E-state index in [9.17, 15) is 10.2 Å². The summed E-state index contributed by atoms with van der Waals surface area (Å²) < 4.78 is 7.94.